The zero-order valence-corrected chi connectivity index (χ0v) is 14.6. The van der Waals surface area contributed by atoms with Gasteiger partial charge in [-0.25, -0.2) is 12.8 Å². The van der Waals surface area contributed by atoms with E-state index in [0.29, 0.717) is 5.02 Å². The predicted molar refractivity (Wildman–Crippen MR) is 93.3 cm³/mol. The van der Waals surface area contributed by atoms with Crippen LogP contribution in [0.25, 0.3) is 0 Å². The zero-order valence-electron chi connectivity index (χ0n) is 13.0. The molecule has 0 heterocycles. The molecule has 8 heteroatoms. The van der Waals surface area contributed by atoms with Crippen LogP contribution in [0.1, 0.15) is 6.92 Å². The molecule has 0 aliphatic carbocycles. The molecule has 0 aliphatic heterocycles. The number of nitrogens with zero attached hydrogens (tertiary/aromatic N) is 1. The predicted octanol–water partition coefficient (Wildman–Crippen LogP) is 3.27. The summed E-state index contributed by atoms with van der Waals surface area (Å²) in [6.07, 6.45) is 0.995. The number of sulfonamides is 1. The Bertz CT molecular complexity index is 841. The molecule has 2 rings (SSSR count). The highest BCUT2D eigenvalue weighted by atomic mass is 35.5. The van der Waals surface area contributed by atoms with Gasteiger partial charge in [-0.15, -0.1) is 0 Å². The molecule has 1 atom stereocenters. The monoisotopic (exact) mass is 370 g/mol. The van der Waals surface area contributed by atoms with Crippen molar-refractivity contribution in [3.05, 3.63) is 59.4 Å². The van der Waals surface area contributed by atoms with E-state index < -0.39 is 27.8 Å². The SMILES string of the molecule is CC(C(=O)Nc1ccccc1F)N(c1ccc(Cl)cc1)S(C)(=O)=O. The number of nitrogens with one attached hydrogen (secondary N) is 1. The molecule has 0 saturated carbocycles. The van der Waals surface area contributed by atoms with Crippen molar-refractivity contribution in [2.45, 2.75) is 13.0 Å². The summed E-state index contributed by atoms with van der Waals surface area (Å²) in [6, 6.07) is 10.6. The molecule has 0 spiro atoms. The molecule has 2 aromatic carbocycles. The number of anilines is 2. The van der Waals surface area contributed by atoms with E-state index in [0.717, 1.165) is 10.6 Å². The lowest BCUT2D eigenvalue weighted by Gasteiger charge is -2.28. The first-order chi connectivity index (χ1) is 11.2. The molecule has 1 unspecified atom stereocenters. The lowest BCUT2D eigenvalue weighted by atomic mass is 10.2. The second-order valence-corrected chi connectivity index (χ2v) is 7.48. The summed E-state index contributed by atoms with van der Waals surface area (Å²) in [4.78, 5) is 12.4. The van der Waals surface area contributed by atoms with E-state index in [9.17, 15) is 17.6 Å². The molecule has 0 fully saturated rings. The fourth-order valence-electron chi connectivity index (χ4n) is 2.20. The van der Waals surface area contributed by atoms with E-state index >= 15 is 0 Å². The number of rotatable bonds is 5. The normalized spacial score (nSPS) is 12.5. The van der Waals surface area contributed by atoms with Crippen molar-refractivity contribution in [3.63, 3.8) is 0 Å². The van der Waals surface area contributed by atoms with Crippen molar-refractivity contribution in [1.82, 2.24) is 0 Å². The first-order valence-electron chi connectivity index (χ1n) is 7.00. The Balaban J connectivity index is 2.31. The van der Waals surface area contributed by atoms with Crippen molar-refractivity contribution < 1.29 is 17.6 Å². The number of carbonyl (C=O) groups is 1. The average molecular weight is 371 g/mol. The highest BCUT2D eigenvalue weighted by Crippen LogP contribution is 2.24. The molecule has 1 N–H and O–H groups in total. The van der Waals surface area contributed by atoms with Crippen LogP contribution >= 0.6 is 11.6 Å². The molecule has 0 aromatic heterocycles. The van der Waals surface area contributed by atoms with Crippen molar-refractivity contribution in [2.24, 2.45) is 0 Å². The van der Waals surface area contributed by atoms with Gasteiger partial charge in [-0.3, -0.25) is 9.10 Å². The first kappa shape index (κ1) is 18.2. The summed E-state index contributed by atoms with van der Waals surface area (Å²) in [5, 5.41) is 2.84. The van der Waals surface area contributed by atoms with Gasteiger partial charge in [-0.1, -0.05) is 23.7 Å². The van der Waals surface area contributed by atoms with Gasteiger partial charge in [0.1, 0.15) is 11.9 Å². The van der Waals surface area contributed by atoms with Gasteiger partial charge >= 0.3 is 0 Å². The lowest BCUT2D eigenvalue weighted by molar-refractivity contribution is -0.116. The molecule has 0 aliphatic rings. The minimum atomic E-state index is -3.74. The highest BCUT2D eigenvalue weighted by molar-refractivity contribution is 7.92. The third-order valence-electron chi connectivity index (χ3n) is 3.30. The van der Waals surface area contributed by atoms with E-state index in [4.69, 9.17) is 11.6 Å². The maximum absolute atomic E-state index is 13.7. The first-order valence-corrected chi connectivity index (χ1v) is 9.23. The fourth-order valence-corrected chi connectivity index (χ4v) is 3.50. The van der Waals surface area contributed by atoms with Crippen LogP contribution in [-0.4, -0.2) is 26.6 Å². The number of hydrogen-bond donors (Lipinski definition) is 1. The Morgan fingerprint density at radius 1 is 1.17 bits per heavy atom. The molecule has 0 saturated heterocycles. The van der Waals surface area contributed by atoms with E-state index in [-0.39, 0.29) is 11.4 Å². The van der Waals surface area contributed by atoms with Crippen molar-refractivity contribution in [3.8, 4) is 0 Å². The van der Waals surface area contributed by atoms with E-state index in [1.54, 1.807) is 6.07 Å². The largest absolute Gasteiger partial charge is 0.322 e. The van der Waals surface area contributed by atoms with E-state index in [2.05, 4.69) is 5.32 Å². The molecule has 5 nitrogen and oxygen atoms in total. The third-order valence-corrected chi connectivity index (χ3v) is 4.79. The number of benzene rings is 2. The van der Waals surface area contributed by atoms with Crippen LogP contribution in [0, 0.1) is 5.82 Å². The molecular formula is C16H16ClFN2O3S. The number of halogens is 2. The quantitative estimate of drug-likeness (QED) is 0.878. The Morgan fingerprint density at radius 2 is 1.75 bits per heavy atom. The zero-order chi connectivity index (χ0) is 17.9. The summed E-state index contributed by atoms with van der Waals surface area (Å²) in [6.45, 7) is 1.42. The minimum Gasteiger partial charge on any atom is -0.322 e. The number of hydrogen-bond acceptors (Lipinski definition) is 3. The Labute approximate surface area is 145 Å². The second-order valence-electron chi connectivity index (χ2n) is 5.18. The smallest absolute Gasteiger partial charge is 0.248 e. The molecule has 0 bridgehead atoms. The van der Waals surface area contributed by atoms with Crippen LogP contribution in [0.4, 0.5) is 15.8 Å². The van der Waals surface area contributed by atoms with Crippen molar-refractivity contribution >= 4 is 38.9 Å². The topological polar surface area (TPSA) is 66.5 Å². The van der Waals surface area contributed by atoms with Crippen LogP contribution in [0.5, 0.6) is 0 Å². The molecular weight excluding hydrogens is 355 g/mol. The lowest BCUT2D eigenvalue weighted by Crippen LogP contribution is -2.45. The minimum absolute atomic E-state index is 0.0149. The van der Waals surface area contributed by atoms with Gasteiger partial charge in [0, 0.05) is 5.02 Å². The molecule has 2 aromatic rings. The summed E-state index contributed by atoms with van der Waals surface area (Å²) in [5.41, 5.74) is 0.275. The van der Waals surface area contributed by atoms with Crippen LogP contribution in [0.15, 0.2) is 48.5 Å². The average Bonchev–Trinajstić information content (AvgIpc) is 2.50. The van der Waals surface area contributed by atoms with Crippen molar-refractivity contribution in [1.29, 1.82) is 0 Å². The van der Waals surface area contributed by atoms with Gasteiger partial charge < -0.3 is 5.32 Å². The standard InChI is InChI=1S/C16H16ClFN2O3S/c1-11(16(21)19-15-6-4-3-5-14(15)18)20(24(2,22)23)13-9-7-12(17)8-10-13/h3-11H,1-2H3,(H,19,21). The number of para-hydroxylation sites is 1. The van der Waals surface area contributed by atoms with Crippen LogP contribution in [0.2, 0.25) is 5.02 Å². The maximum Gasteiger partial charge on any atom is 0.248 e. The molecule has 24 heavy (non-hydrogen) atoms. The second kappa shape index (κ2) is 7.19. The molecule has 1 amide bonds. The highest BCUT2D eigenvalue weighted by Gasteiger charge is 2.29. The summed E-state index contributed by atoms with van der Waals surface area (Å²) in [7, 11) is -3.74. The summed E-state index contributed by atoms with van der Waals surface area (Å²) < 4.78 is 38.9. The van der Waals surface area contributed by atoms with Gasteiger partial charge in [-0.05, 0) is 43.3 Å². The van der Waals surface area contributed by atoms with Gasteiger partial charge in [0.25, 0.3) is 0 Å². The van der Waals surface area contributed by atoms with Crippen LogP contribution in [-0.2, 0) is 14.8 Å². The van der Waals surface area contributed by atoms with E-state index in [1.165, 1.54) is 49.4 Å². The summed E-state index contributed by atoms with van der Waals surface area (Å²) >= 11 is 5.81. The molecule has 128 valence electrons. The number of carbonyl (C=O) groups excluding carboxylic acids is 1. The van der Waals surface area contributed by atoms with Crippen LogP contribution < -0.4 is 9.62 Å². The third kappa shape index (κ3) is 4.24. The number of amides is 1. The molecule has 0 radical (unpaired) electrons. The van der Waals surface area contributed by atoms with Gasteiger partial charge in [0.15, 0.2) is 0 Å². The van der Waals surface area contributed by atoms with Gasteiger partial charge in [0.2, 0.25) is 15.9 Å². The van der Waals surface area contributed by atoms with Crippen molar-refractivity contribution in [2.75, 3.05) is 15.9 Å². The maximum atomic E-state index is 13.7. The van der Waals surface area contributed by atoms with Crippen LogP contribution in [0.3, 0.4) is 0 Å². The summed E-state index contributed by atoms with van der Waals surface area (Å²) in [5.74, 6) is -1.25. The Kier molecular flexibility index (Phi) is 5.46. The fraction of sp³-hybridized carbons (Fsp3) is 0.188. The van der Waals surface area contributed by atoms with Gasteiger partial charge in [-0.2, -0.15) is 0 Å². The Morgan fingerprint density at radius 3 is 2.29 bits per heavy atom. The van der Waals surface area contributed by atoms with Gasteiger partial charge in [0.05, 0.1) is 17.6 Å². The van der Waals surface area contributed by atoms with E-state index in [1.807, 2.05) is 0 Å². The Hall–Kier alpha value is -2.12.